The smallest absolute Gasteiger partial charge is 0.244 e. The summed E-state index contributed by atoms with van der Waals surface area (Å²) >= 11 is 0. The van der Waals surface area contributed by atoms with Gasteiger partial charge in [-0.2, -0.15) is 0 Å². The summed E-state index contributed by atoms with van der Waals surface area (Å²) in [7, 11) is 0. The van der Waals surface area contributed by atoms with E-state index in [9.17, 15) is 0 Å². The van der Waals surface area contributed by atoms with Gasteiger partial charge in [0.15, 0.2) is 0 Å². The standard InChI is InChI=1S/C27H32N5/c1-2-3-4-5-6-11-16-31-17-18-32(22-31)21-23-19-26(24-12-7-9-14-28-24)30-27(20-23)25-13-8-10-15-29-25/h7-10,12-15,17-20,22H,2-6,11,16,21H2,1H3/q+1. The van der Waals surface area contributed by atoms with E-state index in [4.69, 9.17) is 4.98 Å². The molecule has 32 heavy (non-hydrogen) atoms. The number of pyridine rings is 3. The van der Waals surface area contributed by atoms with E-state index in [0.29, 0.717) is 0 Å². The molecule has 0 amide bonds. The molecule has 4 aromatic rings. The maximum atomic E-state index is 4.85. The van der Waals surface area contributed by atoms with Gasteiger partial charge in [-0.1, -0.05) is 44.7 Å². The lowest BCUT2D eigenvalue weighted by Gasteiger charge is -2.08. The van der Waals surface area contributed by atoms with E-state index in [1.807, 2.05) is 36.4 Å². The molecule has 0 aliphatic rings. The zero-order valence-electron chi connectivity index (χ0n) is 18.9. The molecule has 5 heteroatoms. The van der Waals surface area contributed by atoms with Gasteiger partial charge in [-0.15, -0.1) is 0 Å². The number of nitrogens with zero attached hydrogens (tertiary/aromatic N) is 5. The molecular formula is C27H32N5+. The van der Waals surface area contributed by atoms with Crippen molar-refractivity contribution in [1.82, 2.24) is 19.5 Å². The quantitative estimate of drug-likeness (QED) is 0.228. The fourth-order valence-electron chi connectivity index (χ4n) is 3.92. The zero-order valence-corrected chi connectivity index (χ0v) is 18.9. The first-order valence-electron chi connectivity index (χ1n) is 11.7. The highest BCUT2D eigenvalue weighted by atomic mass is 15.1. The highest BCUT2D eigenvalue weighted by molar-refractivity contribution is 5.63. The Kier molecular flexibility index (Phi) is 7.74. The molecule has 0 saturated carbocycles. The number of hydrogen-bond acceptors (Lipinski definition) is 3. The van der Waals surface area contributed by atoms with Crippen molar-refractivity contribution < 1.29 is 4.57 Å². The Morgan fingerprint density at radius 1 is 0.781 bits per heavy atom. The van der Waals surface area contributed by atoms with Crippen molar-refractivity contribution in [2.45, 2.75) is 58.5 Å². The second kappa shape index (κ2) is 11.3. The highest BCUT2D eigenvalue weighted by Gasteiger charge is 2.11. The molecule has 5 nitrogen and oxygen atoms in total. The molecule has 4 aromatic heterocycles. The number of imidazole rings is 1. The summed E-state index contributed by atoms with van der Waals surface area (Å²) < 4.78 is 4.52. The predicted octanol–water partition coefficient (Wildman–Crippen LogP) is 5.70. The van der Waals surface area contributed by atoms with E-state index < -0.39 is 0 Å². The molecule has 4 rings (SSSR count). The Morgan fingerprint density at radius 3 is 2.06 bits per heavy atom. The van der Waals surface area contributed by atoms with Crippen LogP contribution in [0.3, 0.4) is 0 Å². The van der Waals surface area contributed by atoms with Crippen LogP contribution in [0.4, 0.5) is 0 Å². The van der Waals surface area contributed by atoms with Crippen LogP contribution >= 0.6 is 0 Å². The Labute approximate surface area is 190 Å². The van der Waals surface area contributed by atoms with Gasteiger partial charge >= 0.3 is 0 Å². The van der Waals surface area contributed by atoms with Crippen LogP contribution in [0.2, 0.25) is 0 Å². The van der Waals surface area contributed by atoms with Crippen LogP contribution in [0.25, 0.3) is 22.8 Å². The fraction of sp³-hybridized carbons (Fsp3) is 0.333. The van der Waals surface area contributed by atoms with Crippen LogP contribution in [0.5, 0.6) is 0 Å². The van der Waals surface area contributed by atoms with E-state index in [0.717, 1.165) is 35.9 Å². The van der Waals surface area contributed by atoms with Crippen molar-refractivity contribution >= 4 is 0 Å². The summed E-state index contributed by atoms with van der Waals surface area (Å²) in [6, 6.07) is 16.1. The average Bonchev–Trinajstić information content (AvgIpc) is 3.29. The molecule has 0 aliphatic heterocycles. The SMILES string of the molecule is CCCCCCCCn1cc[n+](Cc2cc(-c3ccccn3)nc(-c3ccccn3)c2)c1. The van der Waals surface area contributed by atoms with Gasteiger partial charge < -0.3 is 0 Å². The predicted molar refractivity (Wildman–Crippen MR) is 128 cm³/mol. The number of rotatable bonds is 11. The molecule has 0 bridgehead atoms. The van der Waals surface area contributed by atoms with Crippen LogP contribution in [0.1, 0.15) is 51.0 Å². The molecule has 0 atom stereocenters. The molecule has 0 aromatic carbocycles. The highest BCUT2D eigenvalue weighted by Crippen LogP contribution is 2.22. The van der Waals surface area contributed by atoms with Crippen LogP contribution in [0, 0.1) is 0 Å². The average molecular weight is 427 g/mol. The molecule has 0 N–H and O–H groups in total. The molecule has 0 spiro atoms. The molecule has 0 unspecified atom stereocenters. The molecule has 0 saturated heterocycles. The minimum atomic E-state index is 0.783. The monoisotopic (exact) mass is 426 g/mol. The molecular weight excluding hydrogens is 394 g/mol. The lowest BCUT2D eigenvalue weighted by Crippen LogP contribution is -2.31. The number of aryl methyl sites for hydroxylation is 1. The summed E-state index contributed by atoms with van der Waals surface area (Å²) in [4.78, 5) is 13.9. The zero-order chi connectivity index (χ0) is 22.0. The minimum absolute atomic E-state index is 0.783. The third-order valence-electron chi connectivity index (χ3n) is 5.62. The van der Waals surface area contributed by atoms with E-state index in [2.05, 4.69) is 56.9 Å². The Hall–Kier alpha value is -3.34. The molecule has 0 fully saturated rings. The summed E-state index contributed by atoms with van der Waals surface area (Å²) in [5.41, 5.74) is 4.67. The maximum absolute atomic E-state index is 4.85. The van der Waals surface area contributed by atoms with E-state index in [1.165, 1.54) is 44.1 Å². The van der Waals surface area contributed by atoms with E-state index in [1.54, 1.807) is 12.4 Å². The Bertz CT molecular complexity index is 1030. The van der Waals surface area contributed by atoms with Crippen molar-refractivity contribution in [3.05, 3.63) is 85.2 Å². The van der Waals surface area contributed by atoms with Crippen molar-refractivity contribution in [3.63, 3.8) is 0 Å². The summed E-state index contributed by atoms with van der Waals surface area (Å²) in [6.45, 7) is 4.12. The van der Waals surface area contributed by atoms with Gasteiger partial charge in [0, 0.05) is 12.4 Å². The number of aromatic nitrogens is 5. The van der Waals surface area contributed by atoms with Crippen molar-refractivity contribution in [2.75, 3.05) is 0 Å². The fourth-order valence-corrected chi connectivity index (χ4v) is 3.92. The second-order valence-corrected chi connectivity index (χ2v) is 8.27. The first kappa shape index (κ1) is 21.9. The van der Waals surface area contributed by atoms with Gasteiger partial charge in [-0.25, -0.2) is 14.1 Å². The van der Waals surface area contributed by atoms with Gasteiger partial charge in [-0.05, 0) is 54.8 Å². The second-order valence-electron chi connectivity index (χ2n) is 8.27. The lowest BCUT2D eigenvalue weighted by atomic mass is 10.1. The first-order valence-corrected chi connectivity index (χ1v) is 11.7. The lowest BCUT2D eigenvalue weighted by molar-refractivity contribution is -0.687. The number of unbranched alkanes of at least 4 members (excludes halogenated alkanes) is 5. The molecule has 0 radical (unpaired) electrons. The molecule has 0 aliphatic carbocycles. The van der Waals surface area contributed by atoms with Crippen LogP contribution in [-0.2, 0) is 13.1 Å². The third kappa shape index (κ3) is 6.10. The summed E-state index contributed by atoms with van der Waals surface area (Å²) in [5, 5.41) is 0. The Balaban J connectivity index is 1.49. The van der Waals surface area contributed by atoms with Crippen LogP contribution < -0.4 is 4.57 Å². The van der Waals surface area contributed by atoms with Crippen LogP contribution in [-0.4, -0.2) is 19.5 Å². The van der Waals surface area contributed by atoms with E-state index in [-0.39, 0.29) is 0 Å². The summed E-state index contributed by atoms with van der Waals surface area (Å²) in [6.07, 6.45) is 18.1. The minimum Gasteiger partial charge on any atom is -0.255 e. The van der Waals surface area contributed by atoms with Gasteiger partial charge in [-0.3, -0.25) is 9.97 Å². The Morgan fingerprint density at radius 2 is 1.44 bits per heavy atom. The van der Waals surface area contributed by atoms with Gasteiger partial charge in [0.25, 0.3) is 0 Å². The first-order chi connectivity index (χ1) is 15.8. The topological polar surface area (TPSA) is 47.5 Å². The van der Waals surface area contributed by atoms with E-state index >= 15 is 0 Å². The largest absolute Gasteiger partial charge is 0.255 e. The van der Waals surface area contributed by atoms with Crippen LogP contribution in [0.15, 0.2) is 79.6 Å². The van der Waals surface area contributed by atoms with Gasteiger partial charge in [0.1, 0.15) is 18.9 Å². The summed E-state index contributed by atoms with van der Waals surface area (Å²) in [5.74, 6) is 0. The molecule has 164 valence electrons. The maximum Gasteiger partial charge on any atom is 0.244 e. The van der Waals surface area contributed by atoms with Crippen molar-refractivity contribution in [3.8, 4) is 22.8 Å². The molecule has 4 heterocycles. The van der Waals surface area contributed by atoms with Crippen molar-refractivity contribution in [2.24, 2.45) is 0 Å². The van der Waals surface area contributed by atoms with Crippen molar-refractivity contribution in [1.29, 1.82) is 0 Å². The number of hydrogen-bond donors (Lipinski definition) is 0. The van der Waals surface area contributed by atoms with Gasteiger partial charge in [0.05, 0.1) is 29.3 Å². The van der Waals surface area contributed by atoms with Gasteiger partial charge in [0.2, 0.25) is 6.33 Å². The third-order valence-corrected chi connectivity index (χ3v) is 5.62. The normalized spacial score (nSPS) is 11.0.